The number of carbonyl (C=O) groups excluding carboxylic acids is 2. The predicted molar refractivity (Wildman–Crippen MR) is 113 cm³/mol. The van der Waals surface area contributed by atoms with Crippen LogP contribution in [0, 0.1) is 11.8 Å². The second-order valence-corrected chi connectivity index (χ2v) is 7.33. The number of hydrogen-bond acceptors (Lipinski definition) is 4. The van der Waals surface area contributed by atoms with Gasteiger partial charge in [0.05, 0.1) is 12.7 Å². The zero-order chi connectivity index (χ0) is 21.1. The van der Waals surface area contributed by atoms with Crippen LogP contribution in [0.4, 0.5) is 0 Å². The molecular formula is C23H39NO4. The van der Waals surface area contributed by atoms with Gasteiger partial charge in [0.2, 0.25) is 5.91 Å². The maximum Gasteiger partial charge on any atom is 0.219 e. The van der Waals surface area contributed by atoms with E-state index in [0.717, 1.165) is 19.3 Å². The van der Waals surface area contributed by atoms with E-state index in [1.165, 1.54) is 17.6 Å². The lowest BCUT2D eigenvalue weighted by Crippen LogP contribution is -2.38. The van der Waals surface area contributed by atoms with Gasteiger partial charge < -0.3 is 14.8 Å². The molecule has 1 aliphatic heterocycles. The summed E-state index contributed by atoms with van der Waals surface area (Å²) >= 11 is 0. The molecule has 5 heteroatoms. The van der Waals surface area contributed by atoms with Gasteiger partial charge in [0.15, 0.2) is 5.78 Å². The number of nitrogens with one attached hydrogen (secondary N) is 1. The van der Waals surface area contributed by atoms with Crippen LogP contribution in [-0.4, -0.2) is 44.7 Å². The number of methoxy groups -OCH3 is 1. The molecule has 0 aromatic heterocycles. The highest BCUT2D eigenvalue weighted by Gasteiger charge is 2.47. The van der Waals surface area contributed by atoms with Crippen LogP contribution < -0.4 is 5.32 Å². The topological polar surface area (TPSA) is 64.6 Å². The summed E-state index contributed by atoms with van der Waals surface area (Å²) < 4.78 is 11.0. The van der Waals surface area contributed by atoms with Crippen LogP contribution >= 0.6 is 0 Å². The minimum absolute atomic E-state index is 0.127. The first kappa shape index (κ1) is 24.6. The van der Waals surface area contributed by atoms with E-state index in [2.05, 4.69) is 17.5 Å². The van der Waals surface area contributed by atoms with Gasteiger partial charge in [0, 0.05) is 32.9 Å². The fourth-order valence-electron chi connectivity index (χ4n) is 4.04. The van der Waals surface area contributed by atoms with Gasteiger partial charge in [-0.05, 0) is 49.7 Å². The van der Waals surface area contributed by atoms with Gasteiger partial charge in [-0.3, -0.25) is 9.59 Å². The van der Waals surface area contributed by atoms with Gasteiger partial charge in [0.1, 0.15) is 6.10 Å². The number of ether oxygens (including phenoxy) is 2. The summed E-state index contributed by atoms with van der Waals surface area (Å²) in [5.41, 5.74) is 2.76. The summed E-state index contributed by atoms with van der Waals surface area (Å²) in [7, 11) is 3.37. The van der Waals surface area contributed by atoms with Crippen LogP contribution in [0.25, 0.3) is 0 Å². The molecule has 4 unspecified atom stereocenters. The second-order valence-electron chi connectivity index (χ2n) is 7.33. The first-order valence-electron chi connectivity index (χ1n) is 10.8. The molecule has 4 atom stereocenters. The highest BCUT2D eigenvalue weighted by molar-refractivity contribution is 5.85. The van der Waals surface area contributed by atoms with Gasteiger partial charge in [-0.25, -0.2) is 0 Å². The van der Waals surface area contributed by atoms with Crippen molar-refractivity contribution in [2.24, 2.45) is 11.8 Å². The quantitative estimate of drug-likeness (QED) is 0.759. The molecule has 2 fully saturated rings. The summed E-state index contributed by atoms with van der Waals surface area (Å²) in [5, 5.41) is 2.53. The van der Waals surface area contributed by atoms with Crippen molar-refractivity contribution >= 4 is 11.7 Å². The fourth-order valence-corrected chi connectivity index (χ4v) is 4.04. The molecule has 0 bridgehead atoms. The number of carbonyl (C=O) groups is 2. The largest absolute Gasteiger partial charge is 0.378 e. The van der Waals surface area contributed by atoms with E-state index in [-0.39, 0.29) is 18.1 Å². The number of allylic oxidation sites excluding steroid dienone is 2. The number of ketones is 1. The summed E-state index contributed by atoms with van der Waals surface area (Å²) in [5.74, 6) is 1.47. The normalized spacial score (nSPS) is 26.6. The molecule has 0 aromatic rings. The van der Waals surface area contributed by atoms with Crippen LogP contribution in [0.3, 0.4) is 0 Å². The van der Waals surface area contributed by atoms with E-state index in [1.807, 2.05) is 27.7 Å². The Balaban J connectivity index is 0.000000372. The number of hydrogen-bond donors (Lipinski definition) is 1. The molecule has 1 amide bonds. The molecule has 160 valence electrons. The van der Waals surface area contributed by atoms with Crippen LogP contribution in [-0.2, 0) is 19.1 Å². The summed E-state index contributed by atoms with van der Waals surface area (Å²) in [6, 6.07) is 0. The molecule has 0 spiro atoms. The SMILES string of the molecule is CC.CCCC(=O)NC.COC(C)/C=C\C1=C2COC3C(=O)CCC(CC1)C23. The molecular weight excluding hydrogens is 354 g/mol. The third-order valence-electron chi connectivity index (χ3n) is 5.63. The highest BCUT2D eigenvalue weighted by Crippen LogP contribution is 2.47. The second kappa shape index (κ2) is 12.9. The lowest BCUT2D eigenvalue weighted by Gasteiger charge is -2.36. The van der Waals surface area contributed by atoms with Crippen molar-refractivity contribution in [3.8, 4) is 0 Å². The van der Waals surface area contributed by atoms with Crippen LogP contribution in [0.15, 0.2) is 23.3 Å². The number of Topliss-reactive ketones (excluding diaryl/α,β-unsaturated/α-hetero) is 1. The van der Waals surface area contributed by atoms with Gasteiger partial charge in [-0.15, -0.1) is 0 Å². The highest BCUT2D eigenvalue weighted by atomic mass is 16.5. The van der Waals surface area contributed by atoms with Gasteiger partial charge in [-0.1, -0.05) is 32.9 Å². The zero-order valence-corrected chi connectivity index (χ0v) is 18.5. The molecule has 1 N–H and O–H groups in total. The Morgan fingerprint density at radius 2 is 2.00 bits per heavy atom. The van der Waals surface area contributed by atoms with Crippen molar-refractivity contribution < 1.29 is 19.1 Å². The molecule has 2 aliphatic carbocycles. The molecule has 1 saturated carbocycles. The van der Waals surface area contributed by atoms with Crippen molar-refractivity contribution in [1.82, 2.24) is 5.32 Å². The summed E-state index contributed by atoms with van der Waals surface area (Å²) in [6.07, 6.45) is 9.94. The van der Waals surface area contributed by atoms with Crippen LogP contribution in [0.5, 0.6) is 0 Å². The fraction of sp³-hybridized carbons (Fsp3) is 0.739. The van der Waals surface area contributed by atoms with E-state index in [4.69, 9.17) is 9.47 Å². The number of amides is 1. The molecule has 0 aromatic carbocycles. The maximum absolute atomic E-state index is 11.9. The Kier molecular flexibility index (Phi) is 11.3. The van der Waals surface area contributed by atoms with E-state index in [0.29, 0.717) is 37.1 Å². The first-order valence-corrected chi connectivity index (χ1v) is 10.8. The first-order chi connectivity index (χ1) is 13.5. The predicted octanol–water partition coefficient (Wildman–Crippen LogP) is 4.22. The Morgan fingerprint density at radius 3 is 2.57 bits per heavy atom. The lowest BCUT2D eigenvalue weighted by atomic mass is 9.67. The maximum atomic E-state index is 11.9. The lowest BCUT2D eigenvalue weighted by molar-refractivity contribution is -0.133. The molecule has 28 heavy (non-hydrogen) atoms. The Bertz CT molecular complexity index is 567. The molecule has 3 rings (SSSR count). The average Bonchev–Trinajstić information content (AvgIpc) is 3.18. The third kappa shape index (κ3) is 6.56. The standard InChI is InChI=1S/C16H22O3.C5H11NO.C2H6/c1-10(18-2)3-4-11-5-6-12-7-8-14(17)16-15(12)13(11)9-19-16;1-3-4-5(7)6-2;1-2/h3-4,10,12,15-16H,5-9H2,1-2H3;3-4H2,1-2H3,(H,6,7);1-2H3/b4-3-;;. The Morgan fingerprint density at radius 1 is 1.32 bits per heavy atom. The summed E-state index contributed by atoms with van der Waals surface area (Å²) in [6.45, 7) is 8.67. The van der Waals surface area contributed by atoms with E-state index < -0.39 is 0 Å². The Hall–Kier alpha value is -1.46. The van der Waals surface area contributed by atoms with E-state index in [9.17, 15) is 9.59 Å². The molecule has 1 heterocycles. The molecule has 1 saturated heterocycles. The Labute approximate surface area is 170 Å². The van der Waals surface area contributed by atoms with Crippen LogP contribution in [0.2, 0.25) is 0 Å². The molecule has 3 aliphatic rings. The zero-order valence-electron chi connectivity index (χ0n) is 18.5. The summed E-state index contributed by atoms with van der Waals surface area (Å²) in [4.78, 5) is 22.2. The third-order valence-corrected chi connectivity index (χ3v) is 5.63. The van der Waals surface area contributed by atoms with Gasteiger partial charge in [-0.2, -0.15) is 0 Å². The monoisotopic (exact) mass is 393 g/mol. The minimum atomic E-state index is -0.141. The van der Waals surface area contributed by atoms with Gasteiger partial charge in [0.25, 0.3) is 0 Å². The minimum Gasteiger partial charge on any atom is -0.378 e. The van der Waals surface area contributed by atoms with Crippen LogP contribution in [0.1, 0.15) is 66.2 Å². The van der Waals surface area contributed by atoms with E-state index >= 15 is 0 Å². The number of rotatable bonds is 5. The van der Waals surface area contributed by atoms with Crippen molar-refractivity contribution in [2.45, 2.75) is 78.4 Å². The van der Waals surface area contributed by atoms with Crippen molar-refractivity contribution in [1.29, 1.82) is 0 Å². The average molecular weight is 394 g/mol. The molecule has 0 radical (unpaired) electrons. The van der Waals surface area contributed by atoms with Gasteiger partial charge >= 0.3 is 0 Å². The van der Waals surface area contributed by atoms with Crippen molar-refractivity contribution in [3.05, 3.63) is 23.3 Å². The van der Waals surface area contributed by atoms with Crippen molar-refractivity contribution in [3.63, 3.8) is 0 Å². The van der Waals surface area contributed by atoms with Crippen molar-refractivity contribution in [2.75, 3.05) is 20.8 Å². The smallest absolute Gasteiger partial charge is 0.219 e. The van der Waals surface area contributed by atoms with E-state index in [1.54, 1.807) is 14.2 Å². The molecule has 5 nitrogen and oxygen atoms in total.